The highest BCUT2D eigenvalue weighted by Crippen LogP contribution is 2.40. The third-order valence-corrected chi connectivity index (χ3v) is 2.58. The molecular weight excluding hydrogens is 192 g/mol. The maximum absolute atomic E-state index is 11.2. The molecule has 0 saturated carbocycles. The summed E-state index contributed by atoms with van der Waals surface area (Å²) in [6.45, 7) is 6.12. The van der Waals surface area contributed by atoms with Crippen LogP contribution >= 0.6 is 0 Å². The lowest BCUT2D eigenvalue weighted by atomic mass is 9.82. The summed E-state index contributed by atoms with van der Waals surface area (Å²) in [5.41, 5.74) is 1.47. The number of fused-ring (bicyclic) bond motifs is 1. The van der Waals surface area contributed by atoms with E-state index in [4.69, 9.17) is 4.74 Å². The molecule has 0 spiro atoms. The van der Waals surface area contributed by atoms with Gasteiger partial charge in [0.05, 0.1) is 0 Å². The van der Waals surface area contributed by atoms with Crippen LogP contribution in [-0.4, -0.2) is 11.1 Å². The van der Waals surface area contributed by atoms with Gasteiger partial charge in [-0.25, -0.2) is 4.79 Å². The van der Waals surface area contributed by atoms with E-state index in [2.05, 4.69) is 0 Å². The Morgan fingerprint density at radius 1 is 1.33 bits per heavy atom. The van der Waals surface area contributed by atoms with E-state index < -0.39 is 12.1 Å². The van der Waals surface area contributed by atoms with Gasteiger partial charge in [-0.2, -0.15) is 0 Å². The lowest BCUT2D eigenvalue weighted by molar-refractivity contribution is -0.140. The predicted molar refractivity (Wildman–Crippen MR) is 55.7 cm³/mol. The third-order valence-electron chi connectivity index (χ3n) is 2.58. The summed E-state index contributed by atoms with van der Waals surface area (Å²) in [7, 11) is 0. The standard InChI is InChI=1S/C12H14O3/c1-12(2,3)7-5-4-6-8-9(7)10(13)11(14)15-8/h4-6,10,13H,1-3H3. The van der Waals surface area contributed by atoms with E-state index in [1.807, 2.05) is 32.9 Å². The largest absolute Gasteiger partial charge is 0.424 e. The molecule has 3 heteroatoms. The van der Waals surface area contributed by atoms with E-state index in [0.717, 1.165) is 5.56 Å². The molecule has 15 heavy (non-hydrogen) atoms. The van der Waals surface area contributed by atoms with Gasteiger partial charge in [0, 0.05) is 5.56 Å². The Morgan fingerprint density at radius 2 is 2.00 bits per heavy atom. The predicted octanol–water partition coefficient (Wildman–Crippen LogP) is 1.94. The van der Waals surface area contributed by atoms with Crippen molar-refractivity contribution in [3.8, 4) is 5.75 Å². The summed E-state index contributed by atoms with van der Waals surface area (Å²) in [5.74, 6) is -0.0957. The molecule has 0 aliphatic carbocycles. The number of benzene rings is 1. The van der Waals surface area contributed by atoms with E-state index in [-0.39, 0.29) is 5.41 Å². The minimum Gasteiger partial charge on any atom is -0.424 e. The average molecular weight is 206 g/mol. The van der Waals surface area contributed by atoms with Crippen LogP contribution in [-0.2, 0) is 10.2 Å². The topological polar surface area (TPSA) is 46.5 Å². The Labute approximate surface area is 88.7 Å². The second-order valence-electron chi connectivity index (χ2n) is 4.79. The van der Waals surface area contributed by atoms with Crippen molar-refractivity contribution >= 4 is 5.97 Å². The van der Waals surface area contributed by atoms with Gasteiger partial charge < -0.3 is 9.84 Å². The molecule has 1 unspecified atom stereocenters. The van der Waals surface area contributed by atoms with E-state index in [9.17, 15) is 9.90 Å². The van der Waals surface area contributed by atoms with Crippen LogP contribution in [0.1, 0.15) is 38.0 Å². The molecule has 2 rings (SSSR count). The van der Waals surface area contributed by atoms with Crippen molar-refractivity contribution < 1.29 is 14.6 Å². The molecule has 1 heterocycles. The van der Waals surface area contributed by atoms with Crippen LogP contribution in [0.4, 0.5) is 0 Å². The number of hydrogen-bond acceptors (Lipinski definition) is 3. The number of carbonyl (C=O) groups is 1. The molecule has 1 aliphatic heterocycles. The molecule has 1 aromatic rings. The molecular formula is C12H14O3. The van der Waals surface area contributed by atoms with Gasteiger partial charge in [-0.15, -0.1) is 0 Å². The average Bonchev–Trinajstić information content (AvgIpc) is 2.41. The molecule has 1 atom stereocenters. The summed E-state index contributed by atoms with van der Waals surface area (Å²) in [6, 6.07) is 5.47. The second kappa shape index (κ2) is 3.07. The fourth-order valence-corrected chi connectivity index (χ4v) is 1.85. The zero-order valence-corrected chi connectivity index (χ0v) is 9.07. The minimum absolute atomic E-state index is 0.111. The van der Waals surface area contributed by atoms with E-state index in [1.54, 1.807) is 6.07 Å². The smallest absolute Gasteiger partial charge is 0.345 e. The van der Waals surface area contributed by atoms with Crippen molar-refractivity contribution in [1.82, 2.24) is 0 Å². The fraction of sp³-hybridized carbons (Fsp3) is 0.417. The maximum Gasteiger partial charge on any atom is 0.345 e. The number of rotatable bonds is 0. The van der Waals surface area contributed by atoms with E-state index in [1.165, 1.54) is 0 Å². The van der Waals surface area contributed by atoms with Crippen LogP contribution in [0.5, 0.6) is 5.75 Å². The number of esters is 1. The molecule has 3 nitrogen and oxygen atoms in total. The first kappa shape index (κ1) is 10.2. The van der Waals surface area contributed by atoms with E-state index in [0.29, 0.717) is 11.3 Å². The Morgan fingerprint density at radius 3 is 2.60 bits per heavy atom. The highest BCUT2D eigenvalue weighted by Gasteiger charge is 2.36. The third kappa shape index (κ3) is 1.53. The van der Waals surface area contributed by atoms with E-state index >= 15 is 0 Å². The van der Waals surface area contributed by atoms with Crippen molar-refractivity contribution in [1.29, 1.82) is 0 Å². The van der Waals surface area contributed by atoms with Crippen LogP contribution in [0.2, 0.25) is 0 Å². The van der Waals surface area contributed by atoms with Crippen molar-refractivity contribution in [2.45, 2.75) is 32.3 Å². The van der Waals surface area contributed by atoms with Crippen LogP contribution in [0.25, 0.3) is 0 Å². The molecule has 0 fully saturated rings. The lowest BCUT2D eigenvalue weighted by Gasteiger charge is -2.22. The molecule has 1 aromatic carbocycles. The van der Waals surface area contributed by atoms with Crippen molar-refractivity contribution in [2.75, 3.05) is 0 Å². The Kier molecular flexibility index (Phi) is 2.08. The summed E-state index contributed by atoms with van der Waals surface area (Å²) < 4.78 is 4.97. The van der Waals surface area contributed by atoms with Gasteiger partial charge in [-0.1, -0.05) is 32.9 Å². The first-order valence-corrected chi connectivity index (χ1v) is 4.94. The molecule has 0 radical (unpaired) electrons. The molecule has 1 aliphatic rings. The normalized spacial score (nSPS) is 20.0. The maximum atomic E-state index is 11.2. The number of ether oxygens (including phenoxy) is 1. The van der Waals surface area contributed by atoms with Crippen molar-refractivity contribution in [2.24, 2.45) is 0 Å². The van der Waals surface area contributed by atoms with Gasteiger partial charge in [0.1, 0.15) is 5.75 Å². The van der Waals surface area contributed by atoms with Crippen LogP contribution < -0.4 is 4.74 Å². The van der Waals surface area contributed by atoms with Crippen LogP contribution in [0.3, 0.4) is 0 Å². The Balaban J connectivity index is 2.62. The molecule has 0 aromatic heterocycles. The zero-order chi connectivity index (χ0) is 11.2. The molecule has 80 valence electrons. The Hall–Kier alpha value is -1.35. The second-order valence-corrected chi connectivity index (χ2v) is 4.79. The minimum atomic E-state index is -1.13. The summed E-state index contributed by atoms with van der Waals surface area (Å²) >= 11 is 0. The quantitative estimate of drug-likeness (QED) is 0.521. The number of aliphatic hydroxyl groups excluding tert-OH is 1. The van der Waals surface area contributed by atoms with Gasteiger partial charge in [-0.3, -0.25) is 0 Å². The van der Waals surface area contributed by atoms with Crippen molar-refractivity contribution in [3.05, 3.63) is 29.3 Å². The van der Waals surface area contributed by atoms with Gasteiger partial charge in [0.15, 0.2) is 6.10 Å². The highest BCUT2D eigenvalue weighted by atomic mass is 16.6. The molecule has 0 saturated heterocycles. The van der Waals surface area contributed by atoms with Gasteiger partial charge in [0.25, 0.3) is 0 Å². The highest BCUT2D eigenvalue weighted by molar-refractivity contribution is 5.85. The molecule has 0 bridgehead atoms. The van der Waals surface area contributed by atoms with Crippen LogP contribution in [0, 0.1) is 0 Å². The fourth-order valence-electron chi connectivity index (χ4n) is 1.85. The van der Waals surface area contributed by atoms with Gasteiger partial charge >= 0.3 is 5.97 Å². The first-order valence-electron chi connectivity index (χ1n) is 4.94. The number of hydrogen-bond donors (Lipinski definition) is 1. The first-order chi connectivity index (χ1) is 6.91. The Bertz CT molecular complexity index is 415. The lowest BCUT2D eigenvalue weighted by Crippen LogP contribution is -2.16. The molecule has 0 amide bonds. The summed E-state index contributed by atoms with van der Waals surface area (Å²) in [4.78, 5) is 11.2. The summed E-state index contributed by atoms with van der Waals surface area (Å²) in [5, 5.41) is 9.72. The van der Waals surface area contributed by atoms with Gasteiger partial charge in [-0.05, 0) is 17.0 Å². The van der Waals surface area contributed by atoms with Crippen LogP contribution in [0.15, 0.2) is 18.2 Å². The van der Waals surface area contributed by atoms with Crippen molar-refractivity contribution in [3.63, 3.8) is 0 Å². The number of carbonyl (C=O) groups excluding carboxylic acids is 1. The zero-order valence-electron chi connectivity index (χ0n) is 9.07. The molecule has 1 N–H and O–H groups in total. The summed E-state index contributed by atoms with van der Waals surface area (Å²) in [6.07, 6.45) is -1.13. The SMILES string of the molecule is CC(C)(C)c1cccc2c1C(O)C(=O)O2. The van der Waals surface area contributed by atoms with Gasteiger partial charge in [0.2, 0.25) is 0 Å². The number of aliphatic hydroxyl groups is 1. The monoisotopic (exact) mass is 206 g/mol.